The molecule has 0 radical (unpaired) electrons. The van der Waals surface area contributed by atoms with Gasteiger partial charge in [-0.3, -0.25) is 12.9 Å². The van der Waals surface area contributed by atoms with E-state index in [0.717, 1.165) is 0 Å². The first-order valence-corrected chi connectivity index (χ1v) is 7.92. The van der Waals surface area contributed by atoms with Gasteiger partial charge < -0.3 is 0 Å². The Bertz CT molecular complexity index is 206. The Morgan fingerprint density at radius 1 is 1.20 bits per heavy atom. The van der Waals surface area contributed by atoms with Crippen LogP contribution in [-0.4, -0.2) is 18.2 Å². The smallest absolute Gasteiger partial charge is 0.297 e. The molecule has 1 rings (SSSR count). The number of hydrogen-bond donors (Lipinski definition) is 0. The zero-order valence-electron chi connectivity index (χ0n) is 5.63. The molecule has 0 nitrogen and oxygen atoms in total. The average molecular weight is 207 g/mol. The molecule has 0 aliphatic carbocycles. The summed E-state index contributed by atoms with van der Waals surface area (Å²) in [6.45, 7) is 0. The Labute approximate surface area is 76.9 Å². The molecule has 10 heavy (non-hydrogen) atoms. The highest BCUT2D eigenvalue weighted by atomic mass is 79.9. The van der Waals surface area contributed by atoms with Crippen LogP contribution in [0.5, 0.6) is 0 Å². The standard InChI is InChI=1S/C8H7.BrH.Mg/c1-2-8-6-4-3-5-7-8;;/h1-7H;1H;/q;;+1/p-1. The summed E-state index contributed by atoms with van der Waals surface area (Å²) in [7, 11) is 0. The van der Waals surface area contributed by atoms with Crippen molar-refractivity contribution in [1.82, 2.24) is 0 Å². The predicted molar refractivity (Wildman–Crippen MR) is 50.2 cm³/mol. The highest BCUT2D eigenvalue weighted by molar-refractivity contribution is 9.23. The second-order valence-electron chi connectivity index (χ2n) is 1.97. The van der Waals surface area contributed by atoms with Crippen LogP contribution in [0.3, 0.4) is 0 Å². The van der Waals surface area contributed by atoms with Crippen molar-refractivity contribution in [3.8, 4) is 0 Å². The number of rotatable bonds is 2. The van der Waals surface area contributed by atoms with Crippen molar-refractivity contribution in [2.45, 2.75) is 0 Å². The molecule has 0 aliphatic heterocycles. The normalized spacial score (nSPS) is 9.70. The molecule has 0 N–H and O–H groups in total. The van der Waals surface area contributed by atoms with E-state index in [1.807, 2.05) is 6.07 Å². The molecular weight excluding hydrogens is 200 g/mol. The van der Waals surface area contributed by atoms with E-state index in [0.29, 0.717) is 0 Å². The fourth-order valence-electron chi connectivity index (χ4n) is 0.745. The summed E-state index contributed by atoms with van der Waals surface area (Å²) in [6.07, 6.45) is 2.15. The zero-order valence-corrected chi connectivity index (χ0v) is 8.63. The van der Waals surface area contributed by atoms with E-state index in [1.54, 1.807) is 0 Å². The Kier molecular flexibility index (Phi) is 4.10. The third-order valence-corrected chi connectivity index (χ3v) is 2.73. The van der Waals surface area contributed by atoms with Gasteiger partial charge in [-0.15, -0.1) is 0 Å². The molecular formula is C8H7BrMg. The second kappa shape index (κ2) is 4.94. The maximum atomic E-state index is 3.46. The van der Waals surface area contributed by atoms with Crippen LogP contribution in [0, 0.1) is 0 Å². The van der Waals surface area contributed by atoms with Crippen molar-refractivity contribution in [2.24, 2.45) is 0 Å². The van der Waals surface area contributed by atoms with Crippen LogP contribution < -0.4 is 0 Å². The van der Waals surface area contributed by atoms with Gasteiger partial charge in [-0.1, -0.05) is 36.4 Å². The zero-order chi connectivity index (χ0) is 7.23. The predicted octanol–water partition coefficient (Wildman–Crippen LogP) is 2.67. The fourth-order valence-corrected chi connectivity index (χ4v) is 1.67. The maximum Gasteiger partial charge on any atom is 0.498 e. The molecule has 0 aliphatic rings. The van der Waals surface area contributed by atoms with Gasteiger partial charge in [-0.05, 0) is 5.56 Å². The van der Waals surface area contributed by atoms with Gasteiger partial charge in [0, 0.05) is 0 Å². The summed E-state index contributed by atoms with van der Waals surface area (Å²) >= 11 is 3.36. The van der Waals surface area contributed by atoms with Gasteiger partial charge in [-0.2, -0.15) is 4.21 Å². The molecule has 0 unspecified atom stereocenters. The van der Waals surface area contributed by atoms with Crippen LogP contribution >= 0.6 is 12.9 Å². The summed E-state index contributed by atoms with van der Waals surface area (Å²) in [6, 6.07) is 10.3. The van der Waals surface area contributed by atoms with Crippen molar-refractivity contribution < 1.29 is 0 Å². The van der Waals surface area contributed by atoms with Gasteiger partial charge in [0.1, 0.15) is 0 Å². The first kappa shape index (κ1) is 8.30. The van der Waals surface area contributed by atoms with Gasteiger partial charge in [0.2, 0.25) is 0 Å². The highest BCUT2D eigenvalue weighted by Gasteiger charge is 1.81. The van der Waals surface area contributed by atoms with Crippen LogP contribution in [0.2, 0.25) is 0 Å². The Morgan fingerprint density at radius 3 is 2.50 bits per heavy atom. The quantitative estimate of drug-likeness (QED) is 0.654. The van der Waals surface area contributed by atoms with Crippen LogP contribution in [0.1, 0.15) is 5.56 Å². The topological polar surface area (TPSA) is 0 Å². The van der Waals surface area contributed by atoms with Gasteiger partial charge >= 0.3 is 18.2 Å². The molecule has 0 saturated heterocycles. The fraction of sp³-hybridized carbons (Fsp3) is 0. The summed E-state index contributed by atoms with van der Waals surface area (Å²) < 4.78 is 2.22. The molecule has 0 amide bonds. The molecule has 48 valence electrons. The van der Waals surface area contributed by atoms with Crippen molar-refractivity contribution in [2.75, 3.05) is 0 Å². The minimum atomic E-state index is -0.0979. The average Bonchev–Trinajstić information content (AvgIpc) is 2.03. The van der Waals surface area contributed by atoms with E-state index in [1.165, 1.54) is 5.56 Å². The number of hydrogen-bond acceptors (Lipinski definition) is 0. The van der Waals surface area contributed by atoms with Crippen molar-refractivity contribution in [1.29, 1.82) is 0 Å². The molecule has 0 atom stereocenters. The summed E-state index contributed by atoms with van der Waals surface area (Å²) in [4.78, 5) is 0. The molecule has 0 fully saturated rings. The van der Waals surface area contributed by atoms with Crippen LogP contribution in [0.25, 0.3) is 6.08 Å². The molecule has 1 aromatic carbocycles. The van der Waals surface area contributed by atoms with Crippen LogP contribution in [0.15, 0.2) is 34.5 Å². The van der Waals surface area contributed by atoms with E-state index in [2.05, 4.69) is 47.4 Å². The Hall–Kier alpha value is 0.206. The molecule has 0 saturated carbocycles. The van der Waals surface area contributed by atoms with E-state index >= 15 is 0 Å². The first-order chi connectivity index (χ1) is 4.93. The highest BCUT2D eigenvalue weighted by Crippen LogP contribution is 2.00. The first-order valence-electron chi connectivity index (χ1n) is 3.21. The van der Waals surface area contributed by atoms with Crippen molar-refractivity contribution >= 4 is 37.2 Å². The molecule has 0 heterocycles. The summed E-state index contributed by atoms with van der Waals surface area (Å²) in [5.41, 5.74) is 1.29. The van der Waals surface area contributed by atoms with E-state index in [9.17, 15) is 0 Å². The summed E-state index contributed by atoms with van der Waals surface area (Å²) in [5, 5.41) is 0. The lowest BCUT2D eigenvalue weighted by atomic mass is 10.2. The SMILES string of the molecule is [Br][Mg][CH]=Cc1ccccc1. The Balaban J connectivity index is 2.67. The summed E-state index contributed by atoms with van der Waals surface area (Å²) in [5.74, 6) is 0. The van der Waals surface area contributed by atoms with E-state index in [-0.39, 0.29) is 18.2 Å². The molecule has 0 spiro atoms. The molecule has 0 bridgehead atoms. The van der Waals surface area contributed by atoms with Gasteiger partial charge in [0.05, 0.1) is 0 Å². The second-order valence-corrected chi connectivity index (χ2v) is 4.69. The largest absolute Gasteiger partial charge is 0.498 e. The van der Waals surface area contributed by atoms with Crippen molar-refractivity contribution in [3.63, 3.8) is 0 Å². The van der Waals surface area contributed by atoms with Gasteiger partial charge in [-0.25, -0.2) is 0 Å². The van der Waals surface area contributed by atoms with E-state index in [4.69, 9.17) is 0 Å². The lowest BCUT2D eigenvalue weighted by molar-refractivity contribution is 1.66. The molecule has 0 aromatic heterocycles. The molecule has 1 aromatic rings. The third-order valence-electron chi connectivity index (χ3n) is 1.20. The van der Waals surface area contributed by atoms with Crippen LogP contribution in [-0.2, 0) is 0 Å². The Morgan fingerprint density at radius 2 is 1.90 bits per heavy atom. The van der Waals surface area contributed by atoms with E-state index < -0.39 is 0 Å². The minimum absolute atomic E-state index is 0.0979. The number of halogens is 1. The van der Waals surface area contributed by atoms with Gasteiger partial charge in [0.25, 0.3) is 0 Å². The minimum Gasteiger partial charge on any atom is -0.297 e. The number of benzene rings is 1. The van der Waals surface area contributed by atoms with Crippen LogP contribution in [0.4, 0.5) is 0 Å². The maximum absolute atomic E-state index is 3.46. The lowest BCUT2D eigenvalue weighted by Crippen LogP contribution is -1.69. The van der Waals surface area contributed by atoms with Crippen molar-refractivity contribution in [3.05, 3.63) is 40.1 Å². The molecule has 2 heteroatoms. The lowest BCUT2D eigenvalue weighted by Gasteiger charge is -1.88. The van der Waals surface area contributed by atoms with Gasteiger partial charge in [0.15, 0.2) is 0 Å². The monoisotopic (exact) mass is 206 g/mol. The third kappa shape index (κ3) is 2.86.